The minimum absolute atomic E-state index is 0.295. The van der Waals surface area contributed by atoms with Crippen molar-refractivity contribution in [2.75, 3.05) is 26.2 Å². The molecule has 1 aromatic rings. The summed E-state index contributed by atoms with van der Waals surface area (Å²) in [6, 6.07) is 6.18. The highest BCUT2D eigenvalue weighted by Gasteiger charge is 2.42. The van der Waals surface area contributed by atoms with Crippen LogP contribution in [-0.4, -0.2) is 31.1 Å². The first-order valence-corrected chi connectivity index (χ1v) is 9.93. The van der Waals surface area contributed by atoms with Gasteiger partial charge in [-0.2, -0.15) is 0 Å². The van der Waals surface area contributed by atoms with Gasteiger partial charge in [0.15, 0.2) is 0 Å². The summed E-state index contributed by atoms with van der Waals surface area (Å²) in [4.78, 5) is 2.73. The number of piperidine rings is 1. The minimum atomic E-state index is 0.295. The molecule has 3 heteroatoms. The Labute approximate surface area is 149 Å². The molecular weight excluding hydrogens is 318 g/mol. The van der Waals surface area contributed by atoms with Crippen molar-refractivity contribution in [2.24, 2.45) is 17.8 Å². The maximum atomic E-state index is 6.28. The second kappa shape index (κ2) is 5.78. The molecule has 5 rings (SSSR count). The van der Waals surface area contributed by atoms with Gasteiger partial charge >= 0.3 is 0 Å². The smallest absolute Gasteiger partial charge is 0.123 e. The first-order valence-electron chi connectivity index (χ1n) is 9.55. The fraction of sp³-hybridized carbons (Fsp3) is 0.619. The molecule has 1 aromatic carbocycles. The number of allylic oxidation sites excluding steroid dienone is 2. The standard InChI is InChI=1S/C21H26ClNO/c22-18-3-4-20-19(13-18)21(7-10-24-20)5-8-23(9-6-21)14-17-12-15-1-2-16(17)11-15/h1-4,13,15-17H,5-12,14H2/t15-,16+,17-/m0/s1. The summed E-state index contributed by atoms with van der Waals surface area (Å²) in [5, 5.41) is 0.842. The third-order valence-electron chi connectivity index (χ3n) is 7.07. The molecule has 4 aliphatic rings. The number of ether oxygens (including phenoxy) is 1. The summed E-state index contributed by atoms with van der Waals surface area (Å²) in [5.74, 6) is 3.73. The fourth-order valence-corrected chi connectivity index (χ4v) is 5.82. The Bertz CT molecular complexity index is 662. The van der Waals surface area contributed by atoms with E-state index in [-0.39, 0.29) is 0 Å². The summed E-state index contributed by atoms with van der Waals surface area (Å²) < 4.78 is 5.89. The number of rotatable bonds is 2. The van der Waals surface area contributed by atoms with Gasteiger partial charge in [-0.25, -0.2) is 0 Å². The van der Waals surface area contributed by atoms with Gasteiger partial charge in [-0.05, 0) is 81.1 Å². The van der Waals surface area contributed by atoms with Crippen LogP contribution >= 0.6 is 11.6 Å². The molecule has 2 aliphatic carbocycles. The lowest BCUT2D eigenvalue weighted by molar-refractivity contribution is 0.102. The summed E-state index contributed by atoms with van der Waals surface area (Å²) >= 11 is 6.28. The van der Waals surface area contributed by atoms with E-state index in [1.165, 1.54) is 50.9 Å². The molecular formula is C21H26ClNO. The van der Waals surface area contributed by atoms with Gasteiger partial charge < -0.3 is 9.64 Å². The zero-order chi connectivity index (χ0) is 16.1. The zero-order valence-electron chi connectivity index (χ0n) is 14.2. The number of likely N-dealkylation sites (tertiary alicyclic amines) is 1. The molecule has 2 aliphatic heterocycles. The maximum absolute atomic E-state index is 6.28. The highest BCUT2D eigenvalue weighted by molar-refractivity contribution is 6.30. The van der Waals surface area contributed by atoms with E-state index in [4.69, 9.17) is 16.3 Å². The summed E-state index contributed by atoms with van der Waals surface area (Å²) in [5.41, 5.74) is 1.66. The van der Waals surface area contributed by atoms with Crippen LogP contribution in [0.1, 0.15) is 37.7 Å². The van der Waals surface area contributed by atoms with E-state index in [1.807, 2.05) is 6.07 Å². The van der Waals surface area contributed by atoms with Crippen LogP contribution in [0.3, 0.4) is 0 Å². The SMILES string of the molecule is Clc1ccc2c(c1)C1(CCO2)CCN(C[C@@H]2C[C@H]3C=C[C@@H]2C3)CC1. The molecule has 1 spiro atoms. The van der Waals surface area contributed by atoms with E-state index >= 15 is 0 Å². The molecule has 0 unspecified atom stereocenters. The van der Waals surface area contributed by atoms with Crippen molar-refractivity contribution in [2.45, 2.75) is 37.5 Å². The lowest BCUT2D eigenvalue weighted by Gasteiger charge is -2.45. The number of fused-ring (bicyclic) bond motifs is 4. The van der Waals surface area contributed by atoms with Crippen molar-refractivity contribution >= 4 is 11.6 Å². The fourth-order valence-electron chi connectivity index (χ4n) is 5.65. The molecule has 24 heavy (non-hydrogen) atoms. The van der Waals surface area contributed by atoms with Crippen molar-refractivity contribution < 1.29 is 4.74 Å². The second-order valence-corrected chi connectivity index (χ2v) is 8.80. The third kappa shape index (κ3) is 2.50. The van der Waals surface area contributed by atoms with Gasteiger partial charge in [0, 0.05) is 22.5 Å². The van der Waals surface area contributed by atoms with Gasteiger partial charge in [-0.1, -0.05) is 23.8 Å². The molecule has 0 radical (unpaired) electrons. The Morgan fingerprint density at radius 3 is 2.75 bits per heavy atom. The highest BCUT2D eigenvalue weighted by atomic mass is 35.5. The van der Waals surface area contributed by atoms with Crippen LogP contribution in [0.25, 0.3) is 0 Å². The normalized spacial score (nSPS) is 33.6. The van der Waals surface area contributed by atoms with Crippen LogP contribution < -0.4 is 4.74 Å². The third-order valence-corrected chi connectivity index (χ3v) is 7.31. The molecule has 2 fully saturated rings. The summed E-state index contributed by atoms with van der Waals surface area (Å²) in [6.45, 7) is 4.61. The van der Waals surface area contributed by atoms with Crippen molar-refractivity contribution in [1.82, 2.24) is 4.90 Å². The number of nitrogens with zero attached hydrogens (tertiary/aromatic N) is 1. The lowest BCUT2D eigenvalue weighted by atomic mass is 9.69. The van der Waals surface area contributed by atoms with Gasteiger partial charge in [0.25, 0.3) is 0 Å². The molecule has 2 heterocycles. The zero-order valence-corrected chi connectivity index (χ0v) is 15.0. The largest absolute Gasteiger partial charge is 0.493 e. The molecule has 1 saturated heterocycles. The van der Waals surface area contributed by atoms with Crippen LogP contribution in [0.2, 0.25) is 5.02 Å². The average Bonchev–Trinajstić information content (AvgIpc) is 3.21. The van der Waals surface area contributed by atoms with E-state index < -0.39 is 0 Å². The first kappa shape index (κ1) is 15.3. The molecule has 0 N–H and O–H groups in total. The molecule has 2 nitrogen and oxygen atoms in total. The van der Waals surface area contributed by atoms with Gasteiger partial charge in [-0.15, -0.1) is 0 Å². The second-order valence-electron chi connectivity index (χ2n) is 8.36. The van der Waals surface area contributed by atoms with Crippen molar-refractivity contribution in [3.05, 3.63) is 40.9 Å². The van der Waals surface area contributed by atoms with Gasteiger partial charge in [0.05, 0.1) is 6.61 Å². The van der Waals surface area contributed by atoms with Crippen molar-refractivity contribution in [1.29, 1.82) is 0 Å². The monoisotopic (exact) mass is 343 g/mol. The topological polar surface area (TPSA) is 12.5 Å². The Morgan fingerprint density at radius 1 is 1.12 bits per heavy atom. The Kier molecular flexibility index (Phi) is 3.68. The van der Waals surface area contributed by atoms with E-state index in [0.29, 0.717) is 5.41 Å². The molecule has 1 saturated carbocycles. The maximum Gasteiger partial charge on any atom is 0.123 e. The summed E-state index contributed by atoms with van der Waals surface area (Å²) in [7, 11) is 0. The number of benzene rings is 1. The molecule has 2 bridgehead atoms. The van der Waals surface area contributed by atoms with Gasteiger partial charge in [0.2, 0.25) is 0 Å². The van der Waals surface area contributed by atoms with Crippen molar-refractivity contribution in [3.63, 3.8) is 0 Å². The Hall–Kier alpha value is -0.990. The predicted octanol–water partition coefficient (Wildman–Crippen LogP) is 4.67. The van der Waals surface area contributed by atoms with Crippen molar-refractivity contribution in [3.8, 4) is 5.75 Å². The average molecular weight is 344 g/mol. The molecule has 3 atom stereocenters. The quantitative estimate of drug-likeness (QED) is 0.724. The van der Waals surface area contributed by atoms with Crippen LogP contribution in [0, 0.1) is 17.8 Å². The highest BCUT2D eigenvalue weighted by Crippen LogP contribution is 2.48. The van der Waals surface area contributed by atoms with Gasteiger partial charge in [-0.3, -0.25) is 0 Å². The Balaban J connectivity index is 1.29. The van der Waals surface area contributed by atoms with E-state index in [2.05, 4.69) is 29.2 Å². The van der Waals surface area contributed by atoms with Crippen LogP contribution in [0.5, 0.6) is 5.75 Å². The molecule has 0 aromatic heterocycles. The van der Waals surface area contributed by atoms with Crippen LogP contribution in [0.15, 0.2) is 30.4 Å². The molecule has 0 amide bonds. The van der Waals surface area contributed by atoms with E-state index in [9.17, 15) is 0 Å². The Morgan fingerprint density at radius 2 is 2.00 bits per heavy atom. The minimum Gasteiger partial charge on any atom is -0.493 e. The van der Waals surface area contributed by atoms with E-state index in [1.54, 1.807) is 0 Å². The number of halogens is 1. The van der Waals surface area contributed by atoms with Crippen LogP contribution in [-0.2, 0) is 5.41 Å². The van der Waals surface area contributed by atoms with E-state index in [0.717, 1.165) is 41.6 Å². The summed E-state index contributed by atoms with van der Waals surface area (Å²) in [6.07, 6.45) is 11.4. The number of hydrogen-bond donors (Lipinski definition) is 0. The first-order chi connectivity index (χ1) is 11.7. The number of hydrogen-bond acceptors (Lipinski definition) is 2. The lowest BCUT2D eigenvalue weighted by Crippen LogP contribution is -2.46. The van der Waals surface area contributed by atoms with Crippen LogP contribution in [0.4, 0.5) is 0 Å². The predicted molar refractivity (Wildman–Crippen MR) is 97.8 cm³/mol. The van der Waals surface area contributed by atoms with Gasteiger partial charge in [0.1, 0.15) is 5.75 Å². The molecule has 128 valence electrons.